The van der Waals surface area contributed by atoms with Crippen molar-refractivity contribution in [1.29, 1.82) is 0 Å². The van der Waals surface area contributed by atoms with Gasteiger partial charge in [0.25, 0.3) is 0 Å². The monoisotopic (exact) mass is 278 g/mol. The van der Waals surface area contributed by atoms with Gasteiger partial charge in [-0.15, -0.1) is 6.58 Å². The zero-order valence-electron chi connectivity index (χ0n) is 13.0. The van der Waals surface area contributed by atoms with Gasteiger partial charge in [-0.2, -0.15) is 0 Å². The molecule has 0 radical (unpaired) electrons. The van der Waals surface area contributed by atoms with E-state index in [4.69, 9.17) is 0 Å². The molecule has 2 nitrogen and oxygen atoms in total. The van der Waals surface area contributed by atoms with Crippen LogP contribution in [-0.4, -0.2) is 9.97 Å². The van der Waals surface area contributed by atoms with Gasteiger partial charge in [0, 0.05) is 23.3 Å². The molecule has 0 saturated heterocycles. The van der Waals surface area contributed by atoms with Gasteiger partial charge in [0.05, 0.1) is 11.2 Å². The average molecular weight is 278 g/mol. The highest BCUT2D eigenvalue weighted by atomic mass is 14.7. The van der Waals surface area contributed by atoms with E-state index >= 15 is 0 Å². The SMILES string of the molecule is C=CC.CC.c1cncc(-c2ccc3ccccc3n2)c1. The van der Waals surface area contributed by atoms with E-state index in [0.29, 0.717) is 0 Å². The summed E-state index contributed by atoms with van der Waals surface area (Å²) in [4.78, 5) is 8.71. The first-order valence-electron chi connectivity index (χ1n) is 7.18. The van der Waals surface area contributed by atoms with Crippen molar-refractivity contribution in [2.75, 3.05) is 0 Å². The molecular weight excluding hydrogens is 256 g/mol. The Kier molecular flexibility index (Phi) is 7.44. The molecule has 0 N–H and O–H groups in total. The molecule has 2 heterocycles. The molecule has 1 aromatic carbocycles. The van der Waals surface area contributed by atoms with Gasteiger partial charge in [0.2, 0.25) is 0 Å². The number of allylic oxidation sites excluding steroid dienone is 1. The van der Waals surface area contributed by atoms with Crippen molar-refractivity contribution in [3.05, 3.63) is 73.6 Å². The normalized spacial score (nSPS) is 8.90. The molecule has 2 heteroatoms. The minimum atomic E-state index is 0.965. The van der Waals surface area contributed by atoms with Crippen LogP contribution in [0.1, 0.15) is 20.8 Å². The van der Waals surface area contributed by atoms with Crippen LogP contribution in [0.5, 0.6) is 0 Å². The number of rotatable bonds is 1. The first-order valence-corrected chi connectivity index (χ1v) is 7.18. The van der Waals surface area contributed by atoms with E-state index < -0.39 is 0 Å². The van der Waals surface area contributed by atoms with Crippen LogP contribution >= 0.6 is 0 Å². The van der Waals surface area contributed by atoms with E-state index in [-0.39, 0.29) is 0 Å². The Bertz CT molecular complexity index is 660. The zero-order valence-corrected chi connectivity index (χ0v) is 13.0. The Morgan fingerprint density at radius 3 is 2.33 bits per heavy atom. The van der Waals surface area contributed by atoms with Crippen LogP contribution in [0.15, 0.2) is 73.6 Å². The van der Waals surface area contributed by atoms with E-state index in [9.17, 15) is 0 Å². The predicted molar refractivity (Wildman–Crippen MR) is 92.2 cm³/mol. The van der Waals surface area contributed by atoms with Gasteiger partial charge < -0.3 is 0 Å². The summed E-state index contributed by atoms with van der Waals surface area (Å²) in [6, 6.07) is 16.2. The number of fused-ring (bicyclic) bond motifs is 1. The molecular formula is C19H22N2. The molecule has 3 rings (SSSR count). The zero-order chi connectivity index (χ0) is 15.5. The molecule has 0 bridgehead atoms. The van der Waals surface area contributed by atoms with Crippen molar-refractivity contribution in [1.82, 2.24) is 9.97 Å². The van der Waals surface area contributed by atoms with Crippen molar-refractivity contribution in [3.63, 3.8) is 0 Å². The molecule has 0 unspecified atom stereocenters. The molecule has 0 aliphatic carbocycles. The van der Waals surface area contributed by atoms with E-state index in [1.165, 1.54) is 0 Å². The van der Waals surface area contributed by atoms with Crippen molar-refractivity contribution in [2.24, 2.45) is 0 Å². The number of benzene rings is 1. The first-order chi connectivity index (χ1) is 10.3. The molecule has 0 spiro atoms. The van der Waals surface area contributed by atoms with Gasteiger partial charge in [-0.1, -0.05) is 44.2 Å². The smallest absolute Gasteiger partial charge is 0.0725 e. The van der Waals surface area contributed by atoms with Gasteiger partial charge >= 0.3 is 0 Å². The predicted octanol–water partition coefficient (Wildman–Crippen LogP) is 5.52. The first kappa shape index (κ1) is 16.6. The van der Waals surface area contributed by atoms with Crippen molar-refractivity contribution >= 4 is 10.9 Å². The highest BCUT2D eigenvalue weighted by Gasteiger charge is 2.00. The molecule has 0 aliphatic heterocycles. The van der Waals surface area contributed by atoms with Gasteiger partial charge in [-0.25, -0.2) is 4.98 Å². The van der Waals surface area contributed by atoms with E-state index in [1.807, 2.05) is 63.4 Å². The molecule has 2 aromatic heterocycles. The lowest BCUT2D eigenvalue weighted by atomic mass is 10.1. The highest BCUT2D eigenvalue weighted by molar-refractivity contribution is 5.81. The van der Waals surface area contributed by atoms with E-state index in [2.05, 4.69) is 28.7 Å². The topological polar surface area (TPSA) is 25.8 Å². The van der Waals surface area contributed by atoms with Crippen molar-refractivity contribution in [2.45, 2.75) is 20.8 Å². The van der Waals surface area contributed by atoms with E-state index in [0.717, 1.165) is 22.2 Å². The van der Waals surface area contributed by atoms with Crippen LogP contribution in [0.4, 0.5) is 0 Å². The fraction of sp³-hybridized carbons (Fsp3) is 0.158. The van der Waals surface area contributed by atoms with Gasteiger partial charge in [0.15, 0.2) is 0 Å². The fourth-order valence-corrected chi connectivity index (χ4v) is 1.74. The van der Waals surface area contributed by atoms with Crippen LogP contribution in [0.25, 0.3) is 22.2 Å². The Labute approximate surface area is 127 Å². The summed E-state index contributed by atoms with van der Waals surface area (Å²) in [7, 11) is 0. The number of aromatic nitrogens is 2. The van der Waals surface area contributed by atoms with Crippen LogP contribution in [0, 0.1) is 0 Å². The largest absolute Gasteiger partial charge is 0.264 e. The quantitative estimate of drug-likeness (QED) is 0.548. The molecule has 0 aliphatic rings. The van der Waals surface area contributed by atoms with Gasteiger partial charge in [-0.05, 0) is 31.2 Å². The minimum absolute atomic E-state index is 0.965. The van der Waals surface area contributed by atoms with Gasteiger partial charge in [-0.3, -0.25) is 4.98 Å². The maximum absolute atomic E-state index is 4.61. The second kappa shape index (κ2) is 9.43. The number of hydrogen-bond donors (Lipinski definition) is 0. The van der Waals surface area contributed by atoms with Crippen LogP contribution < -0.4 is 0 Å². The Morgan fingerprint density at radius 2 is 1.67 bits per heavy atom. The summed E-state index contributed by atoms with van der Waals surface area (Å²) < 4.78 is 0. The van der Waals surface area contributed by atoms with Crippen LogP contribution in [0.3, 0.4) is 0 Å². The summed E-state index contributed by atoms with van der Waals surface area (Å²) in [5, 5.41) is 1.16. The standard InChI is InChI=1S/C14H10N2.C3H6.C2H6/c1-2-6-13-11(4-1)7-8-14(16-13)12-5-3-9-15-10-12;1-3-2;1-2/h1-10H;3H,1H2,2H3;1-2H3. The van der Waals surface area contributed by atoms with E-state index in [1.54, 1.807) is 12.3 Å². The Balaban J connectivity index is 0.000000395. The molecule has 21 heavy (non-hydrogen) atoms. The third-order valence-corrected chi connectivity index (χ3v) is 2.56. The molecule has 108 valence electrons. The number of pyridine rings is 2. The lowest BCUT2D eigenvalue weighted by Crippen LogP contribution is -1.85. The Hall–Kier alpha value is -2.48. The third kappa shape index (κ3) is 4.84. The summed E-state index contributed by atoms with van der Waals surface area (Å²) in [5.41, 5.74) is 3.03. The average Bonchev–Trinajstić information content (AvgIpc) is 2.58. The second-order valence-corrected chi connectivity index (χ2v) is 4.04. The fourth-order valence-electron chi connectivity index (χ4n) is 1.74. The molecule has 0 amide bonds. The number of hydrogen-bond acceptors (Lipinski definition) is 2. The highest BCUT2D eigenvalue weighted by Crippen LogP contribution is 2.19. The Morgan fingerprint density at radius 1 is 0.952 bits per heavy atom. The summed E-state index contributed by atoms with van der Waals surface area (Å²) in [6.07, 6.45) is 5.35. The van der Waals surface area contributed by atoms with Gasteiger partial charge in [0.1, 0.15) is 0 Å². The number of para-hydroxylation sites is 1. The van der Waals surface area contributed by atoms with Crippen LogP contribution in [-0.2, 0) is 0 Å². The molecule has 0 atom stereocenters. The van der Waals surface area contributed by atoms with Crippen molar-refractivity contribution in [3.8, 4) is 11.3 Å². The summed E-state index contributed by atoms with van der Waals surface area (Å²) in [6.45, 7) is 9.25. The maximum Gasteiger partial charge on any atom is 0.0725 e. The lowest BCUT2D eigenvalue weighted by Gasteiger charge is -2.02. The summed E-state index contributed by atoms with van der Waals surface area (Å²) in [5.74, 6) is 0. The molecule has 3 aromatic rings. The maximum atomic E-state index is 4.61. The molecule has 0 fully saturated rings. The lowest BCUT2D eigenvalue weighted by molar-refractivity contribution is 1.30. The molecule has 0 saturated carbocycles. The summed E-state index contributed by atoms with van der Waals surface area (Å²) >= 11 is 0. The second-order valence-electron chi connectivity index (χ2n) is 4.04. The number of nitrogens with zero attached hydrogens (tertiary/aromatic N) is 2. The van der Waals surface area contributed by atoms with Crippen molar-refractivity contribution < 1.29 is 0 Å². The minimum Gasteiger partial charge on any atom is -0.264 e. The van der Waals surface area contributed by atoms with Crippen LogP contribution in [0.2, 0.25) is 0 Å². The third-order valence-electron chi connectivity index (χ3n) is 2.56.